The molecule has 0 aliphatic heterocycles. The quantitative estimate of drug-likeness (QED) is 0.441. The molecule has 2 aromatic heterocycles. The van der Waals surface area contributed by atoms with Crippen molar-refractivity contribution in [3.63, 3.8) is 0 Å². The smallest absolute Gasteiger partial charge is 0.358 e. The maximum Gasteiger partial charge on any atom is 0.358 e. The van der Waals surface area contributed by atoms with Gasteiger partial charge in [-0.15, -0.1) is 0 Å². The van der Waals surface area contributed by atoms with Gasteiger partial charge in [0.1, 0.15) is 0 Å². The highest BCUT2D eigenvalue weighted by atomic mass is 16.5. The second kappa shape index (κ2) is 7.75. The molecule has 4 aromatic rings. The second-order valence-electron chi connectivity index (χ2n) is 7.86. The fourth-order valence-corrected chi connectivity index (χ4v) is 3.86. The van der Waals surface area contributed by atoms with Gasteiger partial charge in [0.25, 0.3) is 0 Å². The molecule has 0 spiro atoms. The van der Waals surface area contributed by atoms with Crippen LogP contribution in [0.1, 0.15) is 51.8 Å². The lowest BCUT2D eigenvalue weighted by Gasteiger charge is -2.09. The fraction of sp³-hybridized carbons (Fsp3) is 0.240. The number of esters is 1. The molecule has 0 N–H and O–H groups in total. The van der Waals surface area contributed by atoms with Crippen LogP contribution in [0.4, 0.5) is 0 Å². The van der Waals surface area contributed by atoms with E-state index in [9.17, 15) is 4.79 Å². The third-order valence-electron chi connectivity index (χ3n) is 5.64. The van der Waals surface area contributed by atoms with Crippen LogP contribution in [-0.4, -0.2) is 27.6 Å². The van der Waals surface area contributed by atoms with E-state index in [0.29, 0.717) is 23.7 Å². The highest BCUT2D eigenvalue weighted by Gasteiger charge is 2.27. The van der Waals surface area contributed by atoms with E-state index in [1.807, 2.05) is 12.3 Å². The van der Waals surface area contributed by atoms with Crippen LogP contribution in [0.15, 0.2) is 67.0 Å². The van der Waals surface area contributed by atoms with Crippen LogP contribution in [0.5, 0.6) is 0 Å². The van der Waals surface area contributed by atoms with E-state index in [-0.39, 0.29) is 0 Å². The van der Waals surface area contributed by atoms with E-state index in [4.69, 9.17) is 4.74 Å². The molecule has 1 saturated carbocycles. The number of methoxy groups -OCH3 is 1. The number of nitrogens with zero attached hydrogens (tertiary/aromatic N) is 3. The van der Waals surface area contributed by atoms with Crippen LogP contribution in [0, 0.1) is 0 Å². The number of aromatic nitrogens is 3. The number of carbonyl (C=O) groups excluding carboxylic acids is 1. The minimum Gasteiger partial charge on any atom is -0.464 e. The van der Waals surface area contributed by atoms with Gasteiger partial charge in [0, 0.05) is 36.8 Å². The van der Waals surface area contributed by atoms with Crippen LogP contribution in [-0.2, 0) is 17.7 Å². The summed E-state index contributed by atoms with van der Waals surface area (Å²) in [6.45, 7) is 0.838. The minimum atomic E-state index is -0.421. The van der Waals surface area contributed by atoms with Crippen LogP contribution in [0.25, 0.3) is 10.9 Å². The molecular weight excluding hydrogens is 374 g/mol. The van der Waals surface area contributed by atoms with Gasteiger partial charge in [-0.3, -0.25) is 4.98 Å². The van der Waals surface area contributed by atoms with E-state index in [0.717, 1.165) is 30.6 Å². The summed E-state index contributed by atoms with van der Waals surface area (Å²) < 4.78 is 7.20. The number of hydrogen-bond donors (Lipinski definition) is 0. The molecule has 5 heteroatoms. The summed E-state index contributed by atoms with van der Waals surface area (Å²) in [6.07, 6.45) is 6.71. The Hall–Kier alpha value is -3.47. The van der Waals surface area contributed by atoms with Crippen LogP contribution in [0.2, 0.25) is 0 Å². The summed E-state index contributed by atoms with van der Waals surface area (Å²) in [4.78, 5) is 21.4. The summed E-state index contributed by atoms with van der Waals surface area (Å²) in [7, 11) is 1.39. The predicted molar refractivity (Wildman–Crippen MR) is 116 cm³/mol. The summed E-state index contributed by atoms with van der Waals surface area (Å²) in [6, 6.07) is 19.0. The van der Waals surface area contributed by atoms with Gasteiger partial charge in [-0.25, -0.2) is 9.78 Å². The highest BCUT2D eigenvalue weighted by Crippen LogP contribution is 2.38. The van der Waals surface area contributed by atoms with Gasteiger partial charge >= 0.3 is 5.97 Å². The molecule has 5 rings (SSSR count). The first kappa shape index (κ1) is 18.6. The zero-order chi connectivity index (χ0) is 20.5. The number of fused-ring (bicyclic) bond motifs is 1. The maximum atomic E-state index is 12.3. The molecule has 30 heavy (non-hydrogen) atoms. The Kier molecular flexibility index (Phi) is 4.79. The van der Waals surface area contributed by atoms with E-state index in [2.05, 4.69) is 69.3 Å². The molecule has 5 nitrogen and oxygen atoms in total. The van der Waals surface area contributed by atoms with Gasteiger partial charge in [-0.1, -0.05) is 36.4 Å². The molecular formula is C25H23N3O2. The van der Waals surface area contributed by atoms with Crippen LogP contribution in [0.3, 0.4) is 0 Å². The first-order valence-corrected chi connectivity index (χ1v) is 10.3. The molecule has 1 aliphatic carbocycles. The Morgan fingerprint density at radius 2 is 1.93 bits per heavy atom. The molecule has 0 bridgehead atoms. The summed E-state index contributed by atoms with van der Waals surface area (Å²) >= 11 is 0. The molecule has 2 heterocycles. The minimum absolute atomic E-state index is 0.337. The Morgan fingerprint density at radius 1 is 1.10 bits per heavy atom. The molecule has 0 saturated heterocycles. The van der Waals surface area contributed by atoms with Crippen molar-refractivity contribution < 1.29 is 9.53 Å². The average molecular weight is 397 g/mol. The number of rotatable bonds is 6. The molecule has 1 fully saturated rings. The molecule has 2 aromatic carbocycles. The van der Waals surface area contributed by atoms with Crippen molar-refractivity contribution in [1.29, 1.82) is 0 Å². The summed E-state index contributed by atoms with van der Waals surface area (Å²) in [5, 5.41) is 1.17. The van der Waals surface area contributed by atoms with Gasteiger partial charge in [0.2, 0.25) is 0 Å². The number of carbonyl (C=O) groups is 1. The third-order valence-corrected chi connectivity index (χ3v) is 5.64. The Morgan fingerprint density at radius 3 is 2.70 bits per heavy atom. The van der Waals surface area contributed by atoms with E-state index in [1.165, 1.54) is 23.6 Å². The fourth-order valence-electron chi connectivity index (χ4n) is 3.86. The Labute approximate surface area is 175 Å². The van der Waals surface area contributed by atoms with E-state index >= 15 is 0 Å². The average Bonchev–Trinajstić information content (AvgIpc) is 3.56. The van der Waals surface area contributed by atoms with Gasteiger partial charge in [-0.2, -0.15) is 0 Å². The van der Waals surface area contributed by atoms with Crippen molar-refractivity contribution in [2.45, 2.75) is 31.7 Å². The summed E-state index contributed by atoms with van der Waals surface area (Å²) in [5.74, 6) is 0.0192. The first-order valence-electron chi connectivity index (χ1n) is 10.3. The lowest BCUT2D eigenvalue weighted by molar-refractivity contribution is 0.0591. The first-order chi connectivity index (χ1) is 14.7. The largest absolute Gasteiger partial charge is 0.464 e. The zero-order valence-corrected chi connectivity index (χ0v) is 16.9. The second-order valence-corrected chi connectivity index (χ2v) is 7.86. The SMILES string of the molecule is COC(=O)c1nc(C2CC2)cnc1Cc1ccc2c(ccn2Cc2ccccc2)c1. The molecule has 0 radical (unpaired) electrons. The van der Waals surface area contributed by atoms with Gasteiger partial charge in [0.15, 0.2) is 5.69 Å². The van der Waals surface area contributed by atoms with Crippen molar-refractivity contribution in [2.24, 2.45) is 0 Å². The molecule has 0 unspecified atom stereocenters. The van der Waals surface area contributed by atoms with E-state index in [1.54, 1.807) is 0 Å². The van der Waals surface area contributed by atoms with Crippen molar-refractivity contribution >= 4 is 16.9 Å². The zero-order valence-electron chi connectivity index (χ0n) is 16.9. The number of ether oxygens (including phenoxy) is 1. The van der Waals surface area contributed by atoms with Crippen molar-refractivity contribution in [1.82, 2.24) is 14.5 Å². The van der Waals surface area contributed by atoms with Crippen LogP contribution >= 0.6 is 0 Å². The van der Waals surface area contributed by atoms with Gasteiger partial charge in [-0.05, 0) is 47.6 Å². The normalized spacial score (nSPS) is 13.5. The standard InChI is InChI=1S/C25H23N3O2/c1-30-25(29)24-21(26-15-22(27-24)19-8-9-19)14-18-7-10-23-20(13-18)11-12-28(23)16-17-5-3-2-4-6-17/h2-7,10-13,15,19H,8-9,14,16H2,1H3. The Bertz CT molecular complexity index is 1210. The lowest BCUT2D eigenvalue weighted by atomic mass is 10.1. The van der Waals surface area contributed by atoms with Crippen molar-refractivity contribution in [3.05, 3.63) is 95.2 Å². The molecule has 0 amide bonds. The summed E-state index contributed by atoms with van der Waals surface area (Å²) in [5.41, 5.74) is 5.45. The highest BCUT2D eigenvalue weighted by molar-refractivity contribution is 5.88. The van der Waals surface area contributed by atoms with E-state index < -0.39 is 5.97 Å². The monoisotopic (exact) mass is 397 g/mol. The molecule has 0 atom stereocenters. The van der Waals surface area contributed by atoms with Gasteiger partial charge in [0.05, 0.1) is 18.5 Å². The predicted octanol–water partition coefficient (Wildman–Crippen LogP) is 4.73. The maximum absolute atomic E-state index is 12.3. The molecule has 150 valence electrons. The molecule has 1 aliphatic rings. The lowest BCUT2D eigenvalue weighted by Crippen LogP contribution is -2.12. The number of benzene rings is 2. The third kappa shape index (κ3) is 3.71. The van der Waals surface area contributed by atoms with Gasteiger partial charge < -0.3 is 9.30 Å². The van der Waals surface area contributed by atoms with Crippen LogP contribution < -0.4 is 0 Å². The van der Waals surface area contributed by atoms with Crippen molar-refractivity contribution in [3.8, 4) is 0 Å². The van der Waals surface area contributed by atoms with Crippen molar-refractivity contribution in [2.75, 3.05) is 7.11 Å². The topological polar surface area (TPSA) is 57.0 Å². The number of hydrogen-bond acceptors (Lipinski definition) is 4. The Balaban J connectivity index is 1.42.